The molecule has 0 amide bonds. The number of nitrogens with one attached hydrogen (secondary N) is 2. The van der Waals surface area contributed by atoms with E-state index in [0.29, 0.717) is 4.47 Å². The smallest absolute Gasteiger partial charge is 0.242 e. The molecule has 10 heteroatoms. The van der Waals surface area contributed by atoms with Crippen LogP contribution in [0.4, 0.5) is 0 Å². The SMILES string of the molecule is CC(NS(=O)(=O)c1cc(CN)ccc1Br)c1nn[nH]n1. The number of tetrazole rings is 1. The molecule has 0 fully saturated rings. The highest BCUT2D eigenvalue weighted by Crippen LogP contribution is 2.24. The number of aromatic nitrogens is 4. The molecule has 0 saturated carbocycles. The molecule has 1 heterocycles. The Morgan fingerprint density at radius 2 is 2.25 bits per heavy atom. The van der Waals surface area contributed by atoms with Crippen molar-refractivity contribution in [1.29, 1.82) is 0 Å². The van der Waals surface area contributed by atoms with Gasteiger partial charge in [0.25, 0.3) is 0 Å². The van der Waals surface area contributed by atoms with Crippen LogP contribution in [0.3, 0.4) is 0 Å². The van der Waals surface area contributed by atoms with Crippen LogP contribution in [-0.2, 0) is 16.6 Å². The van der Waals surface area contributed by atoms with E-state index in [1.807, 2.05) is 0 Å². The molecule has 0 spiro atoms. The van der Waals surface area contributed by atoms with Crippen molar-refractivity contribution < 1.29 is 8.42 Å². The fourth-order valence-corrected chi connectivity index (χ4v) is 3.80. The Hall–Kier alpha value is -1.36. The first-order valence-corrected chi connectivity index (χ1v) is 7.96. The summed E-state index contributed by atoms with van der Waals surface area (Å²) in [6, 6.07) is 4.32. The minimum absolute atomic E-state index is 0.121. The number of hydrogen-bond donors (Lipinski definition) is 3. The van der Waals surface area contributed by atoms with Crippen molar-refractivity contribution in [3.63, 3.8) is 0 Å². The van der Waals surface area contributed by atoms with Crippen molar-refractivity contribution in [2.75, 3.05) is 0 Å². The van der Waals surface area contributed by atoms with Gasteiger partial charge in [-0.1, -0.05) is 11.3 Å². The Labute approximate surface area is 124 Å². The molecule has 4 N–H and O–H groups in total. The van der Waals surface area contributed by atoms with Crippen LogP contribution < -0.4 is 10.5 Å². The molecule has 20 heavy (non-hydrogen) atoms. The second-order valence-electron chi connectivity index (χ2n) is 4.08. The molecule has 0 bridgehead atoms. The van der Waals surface area contributed by atoms with Gasteiger partial charge >= 0.3 is 0 Å². The van der Waals surface area contributed by atoms with Crippen LogP contribution in [0.15, 0.2) is 27.6 Å². The molecule has 1 unspecified atom stereocenters. The summed E-state index contributed by atoms with van der Waals surface area (Å²) in [5, 5.41) is 13.2. The van der Waals surface area contributed by atoms with Gasteiger partial charge in [-0.25, -0.2) is 13.1 Å². The van der Waals surface area contributed by atoms with Crippen LogP contribution in [0.1, 0.15) is 24.4 Å². The zero-order valence-electron chi connectivity index (χ0n) is 10.5. The molecule has 0 aliphatic carbocycles. The third-order valence-electron chi connectivity index (χ3n) is 2.60. The van der Waals surface area contributed by atoms with Crippen molar-refractivity contribution in [1.82, 2.24) is 25.3 Å². The molecule has 0 radical (unpaired) electrons. The summed E-state index contributed by atoms with van der Waals surface area (Å²) >= 11 is 3.22. The average molecular weight is 361 g/mol. The summed E-state index contributed by atoms with van der Waals surface area (Å²) < 4.78 is 27.7. The van der Waals surface area contributed by atoms with Gasteiger partial charge in [0.15, 0.2) is 5.82 Å². The van der Waals surface area contributed by atoms with Crippen LogP contribution in [0.5, 0.6) is 0 Å². The molecular weight excluding hydrogens is 348 g/mol. The van der Waals surface area contributed by atoms with E-state index >= 15 is 0 Å². The van der Waals surface area contributed by atoms with E-state index in [1.54, 1.807) is 19.1 Å². The Morgan fingerprint density at radius 1 is 1.50 bits per heavy atom. The van der Waals surface area contributed by atoms with Gasteiger partial charge in [0.05, 0.1) is 10.9 Å². The maximum absolute atomic E-state index is 12.4. The second-order valence-corrected chi connectivity index (χ2v) is 6.62. The second kappa shape index (κ2) is 5.95. The monoisotopic (exact) mass is 360 g/mol. The zero-order chi connectivity index (χ0) is 14.8. The topological polar surface area (TPSA) is 127 Å². The lowest BCUT2D eigenvalue weighted by atomic mass is 10.2. The summed E-state index contributed by atoms with van der Waals surface area (Å²) in [7, 11) is -3.72. The highest BCUT2D eigenvalue weighted by molar-refractivity contribution is 9.10. The van der Waals surface area contributed by atoms with E-state index in [1.165, 1.54) is 6.07 Å². The Morgan fingerprint density at radius 3 is 2.85 bits per heavy atom. The number of nitrogens with two attached hydrogens (primary N) is 1. The van der Waals surface area contributed by atoms with Gasteiger partial charge in [0.1, 0.15) is 0 Å². The fraction of sp³-hybridized carbons (Fsp3) is 0.300. The number of halogens is 1. The van der Waals surface area contributed by atoms with Gasteiger partial charge in [-0.15, -0.1) is 10.2 Å². The Bertz CT molecular complexity index is 688. The van der Waals surface area contributed by atoms with E-state index in [4.69, 9.17) is 5.73 Å². The molecule has 1 atom stereocenters. The molecule has 2 rings (SSSR count). The van der Waals surface area contributed by atoms with Crippen LogP contribution in [-0.4, -0.2) is 29.0 Å². The summed E-state index contributed by atoms with van der Waals surface area (Å²) in [4.78, 5) is 0.121. The lowest BCUT2D eigenvalue weighted by Crippen LogP contribution is -2.28. The predicted molar refractivity (Wildman–Crippen MR) is 74.9 cm³/mol. The molecule has 0 aliphatic rings. The summed E-state index contributed by atoms with van der Waals surface area (Å²) in [5.41, 5.74) is 6.25. The van der Waals surface area contributed by atoms with Gasteiger partial charge in [-0.2, -0.15) is 5.21 Å². The third-order valence-corrected chi connectivity index (χ3v) is 5.14. The van der Waals surface area contributed by atoms with E-state index in [0.717, 1.165) is 5.56 Å². The van der Waals surface area contributed by atoms with E-state index in [9.17, 15) is 8.42 Å². The lowest BCUT2D eigenvalue weighted by Gasteiger charge is -2.13. The molecule has 8 nitrogen and oxygen atoms in total. The first-order chi connectivity index (χ1) is 9.44. The Kier molecular flexibility index (Phi) is 4.48. The van der Waals surface area contributed by atoms with Crippen LogP contribution in [0, 0.1) is 0 Å². The van der Waals surface area contributed by atoms with Gasteiger partial charge in [-0.05, 0) is 40.5 Å². The van der Waals surface area contributed by atoms with E-state index < -0.39 is 16.1 Å². The molecule has 0 aliphatic heterocycles. The lowest BCUT2D eigenvalue weighted by molar-refractivity contribution is 0.559. The maximum Gasteiger partial charge on any atom is 0.242 e. The standard InChI is InChI=1S/C10H13BrN6O2S/c1-6(10-13-16-17-14-10)15-20(18,19)9-4-7(5-12)2-3-8(9)11/h2-4,6,15H,5,12H2,1H3,(H,13,14,16,17). The number of nitrogens with zero attached hydrogens (tertiary/aromatic N) is 3. The molecule has 0 saturated heterocycles. The summed E-state index contributed by atoms with van der Waals surface area (Å²) in [5.74, 6) is 0.264. The van der Waals surface area contributed by atoms with Gasteiger partial charge in [0, 0.05) is 11.0 Å². The third kappa shape index (κ3) is 3.20. The number of H-pyrrole nitrogens is 1. The van der Waals surface area contributed by atoms with E-state index in [-0.39, 0.29) is 17.3 Å². The molecule has 1 aromatic heterocycles. The number of rotatable bonds is 5. The minimum Gasteiger partial charge on any atom is -0.326 e. The van der Waals surface area contributed by atoms with Crippen molar-refractivity contribution in [3.05, 3.63) is 34.1 Å². The van der Waals surface area contributed by atoms with Gasteiger partial charge in [-0.3, -0.25) is 0 Å². The van der Waals surface area contributed by atoms with Gasteiger partial charge in [0.2, 0.25) is 10.0 Å². The van der Waals surface area contributed by atoms with Crippen molar-refractivity contribution in [3.8, 4) is 0 Å². The maximum atomic E-state index is 12.4. The zero-order valence-corrected chi connectivity index (χ0v) is 12.9. The quantitative estimate of drug-likeness (QED) is 0.710. The van der Waals surface area contributed by atoms with Crippen molar-refractivity contribution in [2.24, 2.45) is 5.73 Å². The molecule has 2 aromatic rings. The summed E-state index contributed by atoms with van der Waals surface area (Å²) in [6.45, 7) is 1.89. The average Bonchev–Trinajstić information content (AvgIpc) is 2.92. The van der Waals surface area contributed by atoms with Crippen LogP contribution >= 0.6 is 15.9 Å². The number of hydrogen-bond acceptors (Lipinski definition) is 6. The molecule has 108 valence electrons. The number of sulfonamides is 1. The number of aromatic amines is 1. The first-order valence-electron chi connectivity index (χ1n) is 5.68. The van der Waals surface area contributed by atoms with Gasteiger partial charge < -0.3 is 5.73 Å². The van der Waals surface area contributed by atoms with Crippen molar-refractivity contribution in [2.45, 2.75) is 24.4 Å². The highest BCUT2D eigenvalue weighted by atomic mass is 79.9. The highest BCUT2D eigenvalue weighted by Gasteiger charge is 2.23. The summed E-state index contributed by atoms with van der Waals surface area (Å²) in [6.07, 6.45) is 0. The fourth-order valence-electron chi connectivity index (χ4n) is 1.58. The first kappa shape index (κ1) is 15.0. The molecular formula is C10H13BrN6O2S. The minimum atomic E-state index is -3.72. The predicted octanol–water partition coefficient (Wildman–Crippen LogP) is 0.460. The largest absolute Gasteiger partial charge is 0.326 e. The van der Waals surface area contributed by atoms with E-state index in [2.05, 4.69) is 41.3 Å². The normalized spacial score (nSPS) is 13.3. The van der Waals surface area contributed by atoms with Crippen LogP contribution in [0.2, 0.25) is 0 Å². The van der Waals surface area contributed by atoms with Crippen LogP contribution in [0.25, 0.3) is 0 Å². The Balaban J connectivity index is 2.31. The molecule has 1 aromatic carbocycles. The number of benzene rings is 1. The van der Waals surface area contributed by atoms with Crippen molar-refractivity contribution >= 4 is 26.0 Å².